The third-order valence-corrected chi connectivity index (χ3v) is 11.3. The topological polar surface area (TPSA) is 105 Å². The highest BCUT2D eigenvalue weighted by Gasteiger charge is 2.50. The normalized spacial score (nSPS) is 20.5. The summed E-state index contributed by atoms with van der Waals surface area (Å²) >= 11 is 0. The standard InChI is InChI=1S/C45H59N3O4/c1-7-12-14-27-44(11-5)36-30-33(6)15-19-38(36)47(28-23-42(49)50)40(44)21-17-35(32-46)18-22-41-45(25-9-3,26-13-8-2)37-31-34(10-4)16-20-39(37)48(41)29-24-43(51)52/h15-22,30-31H,7-14,23-29H2,1-6H3,(H-,49,50,51,52)/p+1/t44-,45?/m1/s1. The molecule has 7 nitrogen and oxygen atoms in total. The minimum Gasteiger partial charge on any atom is -0.481 e. The molecule has 0 saturated heterocycles. The number of hydrogen-bond acceptors (Lipinski definition) is 4. The van der Waals surface area contributed by atoms with Crippen molar-refractivity contribution in [2.24, 2.45) is 0 Å². The number of hydrogen-bond donors (Lipinski definition) is 2. The molecule has 0 fully saturated rings. The largest absolute Gasteiger partial charge is 0.481 e. The number of benzene rings is 2. The first kappa shape index (κ1) is 40.3. The molecule has 278 valence electrons. The molecule has 0 radical (unpaired) electrons. The van der Waals surface area contributed by atoms with Gasteiger partial charge >= 0.3 is 11.9 Å². The average Bonchev–Trinajstić information content (AvgIpc) is 3.53. The van der Waals surface area contributed by atoms with Crippen molar-refractivity contribution >= 4 is 29.0 Å². The highest BCUT2D eigenvalue weighted by Crippen LogP contribution is 2.54. The number of allylic oxidation sites excluding steroid dienone is 6. The molecule has 0 bridgehead atoms. The van der Waals surface area contributed by atoms with Crippen molar-refractivity contribution < 1.29 is 24.4 Å². The molecule has 4 rings (SSSR count). The van der Waals surface area contributed by atoms with Gasteiger partial charge in [0.1, 0.15) is 6.42 Å². The Hall–Kier alpha value is -4.44. The first-order chi connectivity index (χ1) is 25.0. The van der Waals surface area contributed by atoms with E-state index in [0.717, 1.165) is 93.4 Å². The third kappa shape index (κ3) is 8.44. The Balaban J connectivity index is 1.90. The lowest BCUT2D eigenvalue weighted by molar-refractivity contribution is -0.436. The summed E-state index contributed by atoms with van der Waals surface area (Å²) in [6.45, 7) is 13.8. The van der Waals surface area contributed by atoms with Crippen molar-refractivity contribution in [1.29, 1.82) is 5.26 Å². The molecule has 2 atom stereocenters. The highest BCUT2D eigenvalue weighted by molar-refractivity contribution is 6.04. The van der Waals surface area contributed by atoms with Gasteiger partial charge in [-0.2, -0.15) is 9.84 Å². The van der Waals surface area contributed by atoms with Gasteiger partial charge in [-0.1, -0.05) is 96.9 Å². The number of nitrogens with zero attached hydrogens (tertiary/aromatic N) is 3. The Morgan fingerprint density at radius 1 is 0.865 bits per heavy atom. The lowest BCUT2D eigenvalue weighted by atomic mass is 9.71. The fourth-order valence-electron chi connectivity index (χ4n) is 8.65. The maximum absolute atomic E-state index is 11.9. The lowest BCUT2D eigenvalue weighted by Gasteiger charge is -2.34. The molecular weight excluding hydrogens is 647 g/mol. The summed E-state index contributed by atoms with van der Waals surface area (Å²) in [4.78, 5) is 25.9. The summed E-state index contributed by atoms with van der Waals surface area (Å²) in [5, 5.41) is 30.0. The van der Waals surface area contributed by atoms with Gasteiger partial charge in [0.2, 0.25) is 5.69 Å². The molecule has 1 unspecified atom stereocenters. The molecule has 0 spiro atoms. The summed E-state index contributed by atoms with van der Waals surface area (Å²) in [7, 11) is 0. The number of carboxylic acids is 2. The molecule has 0 aromatic heterocycles. The van der Waals surface area contributed by atoms with Gasteiger partial charge in [0.25, 0.3) is 0 Å². The molecule has 2 aromatic rings. The van der Waals surface area contributed by atoms with Gasteiger partial charge in [-0.05, 0) is 80.5 Å². The Morgan fingerprint density at radius 3 is 2.23 bits per heavy atom. The second kappa shape index (κ2) is 18.4. The van der Waals surface area contributed by atoms with Crippen molar-refractivity contribution in [1.82, 2.24) is 0 Å². The number of carbonyl (C=O) groups is 2. The lowest BCUT2D eigenvalue weighted by Crippen LogP contribution is -2.34. The van der Waals surface area contributed by atoms with Crippen LogP contribution in [0.25, 0.3) is 0 Å². The van der Waals surface area contributed by atoms with E-state index in [1.807, 2.05) is 12.2 Å². The Bertz CT molecular complexity index is 1780. The van der Waals surface area contributed by atoms with Crippen LogP contribution in [0.5, 0.6) is 0 Å². The van der Waals surface area contributed by atoms with Crippen LogP contribution in [0.4, 0.5) is 11.4 Å². The number of carboxylic acid groups (broad SMARTS) is 2. The second-order valence-electron chi connectivity index (χ2n) is 14.6. The van der Waals surface area contributed by atoms with E-state index >= 15 is 0 Å². The van der Waals surface area contributed by atoms with Crippen LogP contribution in [0.3, 0.4) is 0 Å². The molecular formula is C45H60N3O4+. The summed E-state index contributed by atoms with van der Waals surface area (Å²) in [5.41, 5.74) is 9.11. The van der Waals surface area contributed by atoms with Crippen molar-refractivity contribution in [2.75, 3.05) is 18.0 Å². The molecule has 0 saturated carbocycles. The molecule has 7 heteroatoms. The zero-order valence-electron chi connectivity index (χ0n) is 32.4. The number of nitriles is 1. The van der Waals surface area contributed by atoms with Crippen molar-refractivity contribution in [3.8, 4) is 6.07 Å². The van der Waals surface area contributed by atoms with Gasteiger partial charge in [0.15, 0.2) is 12.3 Å². The van der Waals surface area contributed by atoms with Crippen molar-refractivity contribution in [3.63, 3.8) is 0 Å². The minimum atomic E-state index is -0.837. The number of anilines is 1. The van der Waals surface area contributed by atoms with E-state index in [1.165, 1.54) is 22.3 Å². The van der Waals surface area contributed by atoms with Gasteiger partial charge in [0.05, 0.1) is 23.5 Å². The predicted octanol–water partition coefficient (Wildman–Crippen LogP) is 10.5. The van der Waals surface area contributed by atoms with Gasteiger partial charge in [-0.25, -0.2) is 0 Å². The summed E-state index contributed by atoms with van der Waals surface area (Å²) in [6, 6.07) is 15.6. The van der Waals surface area contributed by atoms with Crippen LogP contribution >= 0.6 is 0 Å². The first-order valence-corrected chi connectivity index (χ1v) is 19.7. The van der Waals surface area contributed by atoms with Crippen LogP contribution in [0.2, 0.25) is 0 Å². The number of aryl methyl sites for hydroxylation is 2. The van der Waals surface area contributed by atoms with Crippen LogP contribution in [-0.4, -0.2) is 45.5 Å². The summed E-state index contributed by atoms with van der Waals surface area (Å²) in [6.07, 6.45) is 18.9. The van der Waals surface area contributed by atoms with E-state index in [9.17, 15) is 25.1 Å². The Labute approximate surface area is 312 Å². The predicted molar refractivity (Wildman–Crippen MR) is 212 cm³/mol. The van der Waals surface area contributed by atoms with Crippen LogP contribution in [0.15, 0.2) is 72.0 Å². The number of fused-ring (bicyclic) bond motifs is 2. The maximum atomic E-state index is 11.9. The van der Waals surface area contributed by atoms with Crippen LogP contribution in [0.1, 0.15) is 134 Å². The smallest absolute Gasteiger partial charge is 0.309 e. The number of aliphatic carboxylic acids is 2. The second-order valence-corrected chi connectivity index (χ2v) is 14.6. The van der Waals surface area contributed by atoms with E-state index in [-0.39, 0.29) is 23.7 Å². The van der Waals surface area contributed by atoms with Crippen LogP contribution in [-0.2, 0) is 26.8 Å². The molecule has 2 aliphatic rings. The molecule has 0 aliphatic carbocycles. The van der Waals surface area contributed by atoms with E-state index in [1.54, 1.807) is 0 Å². The van der Waals surface area contributed by atoms with Gasteiger partial charge in [0, 0.05) is 41.1 Å². The van der Waals surface area contributed by atoms with Crippen LogP contribution < -0.4 is 4.90 Å². The molecule has 52 heavy (non-hydrogen) atoms. The maximum Gasteiger partial charge on any atom is 0.309 e. The molecule has 0 amide bonds. The highest BCUT2D eigenvalue weighted by atomic mass is 16.4. The van der Waals surface area contributed by atoms with E-state index in [2.05, 4.69) is 106 Å². The minimum absolute atomic E-state index is 0.0101. The van der Waals surface area contributed by atoms with Gasteiger partial charge in [-0.3, -0.25) is 9.59 Å². The number of rotatable bonds is 20. The molecule has 2 aliphatic heterocycles. The monoisotopic (exact) mass is 706 g/mol. The molecule has 2 heterocycles. The van der Waals surface area contributed by atoms with E-state index in [0.29, 0.717) is 18.7 Å². The SMILES string of the molecule is CCCCC[C@@]1(CC)C(/C=C/C(C#N)=C/C=C2/N(CCC(=O)O)c3ccc(CC)cc3C2(CCC)CCCC)=[N+](CCC(=O)O)c2ccc(C)cc21. The molecule has 2 N–H and O–H groups in total. The van der Waals surface area contributed by atoms with E-state index < -0.39 is 11.9 Å². The summed E-state index contributed by atoms with van der Waals surface area (Å²) in [5.74, 6) is -1.67. The van der Waals surface area contributed by atoms with Gasteiger partial charge in [-0.15, -0.1) is 0 Å². The Morgan fingerprint density at radius 2 is 1.60 bits per heavy atom. The van der Waals surface area contributed by atoms with E-state index in [4.69, 9.17) is 0 Å². The average molecular weight is 707 g/mol. The van der Waals surface area contributed by atoms with Gasteiger partial charge < -0.3 is 15.1 Å². The quantitative estimate of drug-likeness (QED) is 0.0615. The zero-order chi connectivity index (χ0) is 37.9. The Kier molecular flexibility index (Phi) is 14.2. The number of unbranched alkanes of at least 4 members (excludes halogenated alkanes) is 3. The van der Waals surface area contributed by atoms with Crippen molar-refractivity contribution in [2.45, 2.75) is 136 Å². The van der Waals surface area contributed by atoms with Crippen LogP contribution in [0, 0.1) is 18.3 Å². The fraction of sp³-hybridized carbons (Fsp3) is 0.511. The first-order valence-electron chi connectivity index (χ1n) is 19.7. The summed E-state index contributed by atoms with van der Waals surface area (Å²) < 4.78 is 2.17. The zero-order valence-corrected chi connectivity index (χ0v) is 32.4. The van der Waals surface area contributed by atoms with Crippen molar-refractivity contribution in [3.05, 3.63) is 94.2 Å². The molecule has 2 aromatic carbocycles. The third-order valence-electron chi connectivity index (χ3n) is 11.3. The fourth-order valence-corrected chi connectivity index (χ4v) is 8.65.